The molecule has 1 aromatic heterocycles. The molecule has 6 heteroatoms. The molecule has 0 aliphatic rings. The molecule has 6 nitrogen and oxygen atoms in total. The van der Waals surface area contributed by atoms with Gasteiger partial charge in [0, 0.05) is 23.6 Å². The number of aromatic hydroxyl groups is 1. The molecule has 3 aromatic rings. The molecule has 0 bridgehead atoms. The van der Waals surface area contributed by atoms with Crippen molar-refractivity contribution in [2.24, 2.45) is 0 Å². The minimum Gasteiger partial charge on any atom is -0.506 e. The van der Waals surface area contributed by atoms with Crippen LogP contribution in [0.4, 0.5) is 23.1 Å². The van der Waals surface area contributed by atoms with Gasteiger partial charge in [-0.25, -0.2) is 4.98 Å². The fraction of sp³-hybridized carbons (Fsp3) is 0.150. The summed E-state index contributed by atoms with van der Waals surface area (Å²) in [6, 6.07) is 12.6. The van der Waals surface area contributed by atoms with Gasteiger partial charge in [0.25, 0.3) is 0 Å². The molecule has 1 heterocycles. The average Bonchev–Trinajstić information content (AvgIpc) is 2.59. The Kier molecular flexibility index (Phi) is 4.72. The number of anilines is 4. The SMILES string of the molecule is Cc1cc(C)c(Nc2ccnc(Nc3ccc(C#N)c(O)c3)n2)c(C)c1. The highest BCUT2D eigenvalue weighted by molar-refractivity contribution is 5.66. The Morgan fingerprint density at radius 3 is 2.38 bits per heavy atom. The molecule has 0 aliphatic carbocycles. The number of aryl methyl sites for hydroxylation is 3. The van der Waals surface area contributed by atoms with Gasteiger partial charge >= 0.3 is 0 Å². The highest BCUT2D eigenvalue weighted by Crippen LogP contribution is 2.26. The lowest BCUT2D eigenvalue weighted by Gasteiger charge is -2.14. The number of aromatic nitrogens is 2. The summed E-state index contributed by atoms with van der Waals surface area (Å²) in [7, 11) is 0. The number of phenols is 1. The number of hydrogen-bond acceptors (Lipinski definition) is 6. The molecule has 0 unspecified atom stereocenters. The Balaban J connectivity index is 1.83. The van der Waals surface area contributed by atoms with Crippen molar-refractivity contribution in [3.8, 4) is 11.8 Å². The van der Waals surface area contributed by atoms with E-state index in [-0.39, 0.29) is 11.3 Å². The topological polar surface area (TPSA) is 93.9 Å². The second-order valence-corrected chi connectivity index (χ2v) is 6.13. The van der Waals surface area contributed by atoms with E-state index in [9.17, 15) is 5.11 Å². The van der Waals surface area contributed by atoms with Crippen molar-refractivity contribution in [3.63, 3.8) is 0 Å². The number of rotatable bonds is 4. The van der Waals surface area contributed by atoms with Crippen LogP contribution in [0.5, 0.6) is 5.75 Å². The number of benzene rings is 2. The minimum atomic E-state index is -0.0855. The minimum absolute atomic E-state index is 0.0855. The lowest BCUT2D eigenvalue weighted by Crippen LogP contribution is -2.02. The Bertz CT molecular complexity index is 984. The van der Waals surface area contributed by atoms with E-state index in [1.165, 1.54) is 11.6 Å². The molecule has 0 saturated carbocycles. The van der Waals surface area contributed by atoms with E-state index < -0.39 is 0 Å². The van der Waals surface area contributed by atoms with E-state index in [4.69, 9.17) is 5.26 Å². The summed E-state index contributed by atoms with van der Waals surface area (Å²) >= 11 is 0. The van der Waals surface area contributed by atoms with Crippen LogP contribution in [0.15, 0.2) is 42.6 Å². The van der Waals surface area contributed by atoms with Gasteiger partial charge in [-0.1, -0.05) is 17.7 Å². The summed E-state index contributed by atoms with van der Waals surface area (Å²) in [6.45, 7) is 6.19. The van der Waals surface area contributed by atoms with E-state index in [2.05, 4.69) is 53.5 Å². The summed E-state index contributed by atoms with van der Waals surface area (Å²) in [6.07, 6.45) is 1.65. The van der Waals surface area contributed by atoms with Gasteiger partial charge in [-0.3, -0.25) is 0 Å². The van der Waals surface area contributed by atoms with E-state index in [0.29, 0.717) is 17.5 Å². The van der Waals surface area contributed by atoms with E-state index >= 15 is 0 Å². The smallest absolute Gasteiger partial charge is 0.229 e. The summed E-state index contributed by atoms with van der Waals surface area (Å²) in [5, 5.41) is 25.0. The van der Waals surface area contributed by atoms with Gasteiger partial charge in [-0.2, -0.15) is 10.2 Å². The lowest BCUT2D eigenvalue weighted by atomic mass is 10.1. The molecular weight excluding hydrogens is 326 g/mol. The molecule has 0 aliphatic heterocycles. The molecule has 0 spiro atoms. The standard InChI is InChI=1S/C20H19N5O/c1-12-8-13(2)19(14(3)9-12)24-18-6-7-22-20(25-18)23-16-5-4-15(11-21)17(26)10-16/h4-10,26H,1-3H3,(H2,22,23,24,25). The van der Waals surface area contributed by atoms with Crippen molar-refractivity contribution in [2.45, 2.75) is 20.8 Å². The third-order valence-corrected chi connectivity index (χ3v) is 3.96. The van der Waals surface area contributed by atoms with Gasteiger partial charge in [-0.05, 0) is 50.1 Å². The van der Waals surface area contributed by atoms with E-state index in [1.54, 1.807) is 24.4 Å². The van der Waals surface area contributed by atoms with Gasteiger partial charge in [0.2, 0.25) is 5.95 Å². The maximum Gasteiger partial charge on any atom is 0.229 e. The average molecular weight is 345 g/mol. The van der Waals surface area contributed by atoms with Crippen LogP contribution in [-0.4, -0.2) is 15.1 Å². The van der Waals surface area contributed by atoms with Crippen molar-refractivity contribution < 1.29 is 5.11 Å². The zero-order valence-electron chi connectivity index (χ0n) is 14.8. The summed E-state index contributed by atoms with van der Waals surface area (Å²) in [5.74, 6) is 0.967. The second-order valence-electron chi connectivity index (χ2n) is 6.13. The van der Waals surface area contributed by atoms with Crippen LogP contribution >= 0.6 is 0 Å². The quantitative estimate of drug-likeness (QED) is 0.646. The molecule has 0 amide bonds. The molecule has 2 aromatic carbocycles. The maximum atomic E-state index is 9.79. The van der Waals surface area contributed by atoms with Crippen molar-refractivity contribution in [3.05, 3.63) is 64.8 Å². The highest BCUT2D eigenvalue weighted by Gasteiger charge is 2.07. The zero-order valence-corrected chi connectivity index (χ0v) is 14.8. The maximum absolute atomic E-state index is 9.79. The molecule has 3 N–H and O–H groups in total. The van der Waals surface area contributed by atoms with Crippen LogP contribution in [0.2, 0.25) is 0 Å². The summed E-state index contributed by atoms with van der Waals surface area (Å²) in [4.78, 5) is 8.66. The Hall–Kier alpha value is -3.59. The molecule has 0 radical (unpaired) electrons. The van der Waals surface area contributed by atoms with Gasteiger partial charge in [0.15, 0.2) is 0 Å². The van der Waals surface area contributed by atoms with Crippen LogP contribution in [-0.2, 0) is 0 Å². The largest absolute Gasteiger partial charge is 0.506 e. The molecule has 3 rings (SSSR count). The van der Waals surface area contributed by atoms with Crippen LogP contribution in [0.1, 0.15) is 22.3 Å². The van der Waals surface area contributed by atoms with E-state index in [1.807, 2.05) is 6.07 Å². The predicted molar refractivity (Wildman–Crippen MR) is 102 cm³/mol. The zero-order chi connectivity index (χ0) is 18.7. The predicted octanol–water partition coefficient (Wildman–Crippen LogP) is 4.47. The lowest BCUT2D eigenvalue weighted by molar-refractivity contribution is 0.474. The van der Waals surface area contributed by atoms with Crippen LogP contribution in [0.25, 0.3) is 0 Å². The first-order chi connectivity index (χ1) is 12.5. The first kappa shape index (κ1) is 17.2. The summed E-state index contributed by atoms with van der Waals surface area (Å²) in [5.41, 5.74) is 5.35. The van der Waals surface area contributed by atoms with Crippen LogP contribution in [0, 0.1) is 32.1 Å². The van der Waals surface area contributed by atoms with E-state index in [0.717, 1.165) is 16.8 Å². The number of nitrogens with zero attached hydrogens (tertiary/aromatic N) is 3. The fourth-order valence-electron chi connectivity index (χ4n) is 2.83. The van der Waals surface area contributed by atoms with Crippen molar-refractivity contribution in [1.82, 2.24) is 9.97 Å². The summed E-state index contributed by atoms with van der Waals surface area (Å²) < 4.78 is 0. The number of nitriles is 1. The molecule has 0 fully saturated rings. The molecule has 130 valence electrons. The molecule has 26 heavy (non-hydrogen) atoms. The molecule has 0 saturated heterocycles. The van der Waals surface area contributed by atoms with Crippen molar-refractivity contribution in [2.75, 3.05) is 10.6 Å². The van der Waals surface area contributed by atoms with Gasteiger partial charge in [0.1, 0.15) is 17.6 Å². The van der Waals surface area contributed by atoms with Crippen molar-refractivity contribution >= 4 is 23.1 Å². The normalized spacial score (nSPS) is 10.2. The highest BCUT2D eigenvalue weighted by atomic mass is 16.3. The number of phenolic OH excluding ortho intramolecular Hbond substituents is 1. The van der Waals surface area contributed by atoms with Gasteiger partial charge in [0.05, 0.1) is 5.56 Å². The first-order valence-electron chi connectivity index (χ1n) is 8.14. The van der Waals surface area contributed by atoms with Gasteiger partial charge < -0.3 is 15.7 Å². The van der Waals surface area contributed by atoms with Gasteiger partial charge in [-0.15, -0.1) is 0 Å². The Morgan fingerprint density at radius 1 is 1.00 bits per heavy atom. The van der Waals surface area contributed by atoms with Crippen molar-refractivity contribution in [1.29, 1.82) is 5.26 Å². The fourth-order valence-corrected chi connectivity index (χ4v) is 2.83. The van der Waals surface area contributed by atoms with Crippen LogP contribution in [0.3, 0.4) is 0 Å². The van der Waals surface area contributed by atoms with Crippen LogP contribution < -0.4 is 10.6 Å². The number of hydrogen-bond donors (Lipinski definition) is 3. The second kappa shape index (κ2) is 7.11. The Labute approximate surface area is 152 Å². The Morgan fingerprint density at radius 2 is 1.73 bits per heavy atom. The third-order valence-electron chi connectivity index (χ3n) is 3.96. The molecular formula is C20H19N5O. The monoisotopic (exact) mass is 345 g/mol. The first-order valence-corrected chi connectivity index (χ1v) is 8.14. The number of nitrogens with one attached hydrogen (secondary N) is 2. The third kappa shape index (κ3) is 3.73. The molecule has 0 atom stereocenters.